The zero-order chi connectivity index (χ0) is 20.0. The zero-order valence-electron chi connectivity index (χ0n) is 16.2. The average Bonchev–Trinajstić information content (AvgIpc) is 3.34. The van der Waals surface area contributed by atoms with Crippen molar-refractivity contribution < 1.29 is 14.3 Å². The predicted molar refractivity (Wildman–Crippen MR) is 106 cm³/mol. The topological polar surface area (TPSA) is 115 Å². The van der Waals surface area contributed by atoms with Crippen LogP contribution >= 0.6 is 0 Å². The smallest absolute Gasteiger partial charge is 0.257 e. The highest BCUT2D eigenvalue weighted by Crippen LogP contribution is 2.34. The molecule has 0 saturated heterocycles. The van der Waals surface area contributed by atoms with Crippen molar-refractivity contribution in [3.05, 3.63) is 35.2 Å². The molecule has 0 aromatic carbocycles. The van der Waals surface area contributed by atoms with Crippen molar-refractivity contribution in [1.29, 1.82) is 0 Å². The van der Waals surface area contributed by atoms with Crippen molar-refractivity contribution in [2.24, 2.45) is 0 Å². The summed E-state index contributed by atoms with van der Waals surface area (Å²) in [4.78, 5) is 21.9. The maximum atomic E-state index is 12.8. The van der Waals surface area contributed by atoms with E-state index in [4.69, 9.17) is 14.5 Å². The number of rotatable bonds is 1. The van der Waals surface area contributed by atoms with Crippen LogP contribution in [0.4, 0.5) is 17.3 Å². The Bertz CT molecular complexity index is 1110. The molecular weight excluding hydrogens is 374 g/mol. The molecule has 29 heavy (non-hydrogen) atoms. The highest BCUT2D eigenvalue weighted by Gasteiger charge is 2.25. The molecule has 10 nitrogen and oxygen atoms in total. The standard InChI is InChI=1S/C19H21N7O3/c1-10-8-29-9-11-5-14(19(28-2)21-6-11)24-15-12-3-4-20-16(12)26-17(25-15)13(7-22-26)18(27)23-10/h5-7,10,20H,3-4,8-9H2,1-2H3,(H,23,27)(H,24,25). The molecule has 10 heteroatoms. The van der Waals surface area contributed by atoms with Crippen molar-refractivity contribution in [2.75, 3.05) is 30.9 Å². The van der Waals surface area contributed by atoms with Gasteiger partial charge >= 0.3 is 0 Å². The Kier molecular flexibility index (Phi) is 4.20. The second-order valence-corrected chi connectivity index (χ2v) is 7.17. The Hall–Kier alpha value is -3.40. The van der Waals surface area contributed by atoms with Gasteiger partial charge in [0.25, 0.3) is 5.91 Å². The van der Waals surface area contributed by atoms with Crippen LogP contribution in [-0.2, 0) is 17.8 Å². The number of aromatic nitrogens is 4. The summed E-state index contributed by atoms with van der Waals surface area (Å²) in [6.07, 6.45) is 4.05. The van der Waals surface area contributed by atoms with Crippen molar-refractivity contribution in [1.82, 2.24) is 24.9 Å². The van der Waals surface area contributed by atoms with Crippen molar-refractivity contribution >= 4 is 28.9 Å². The number of anilines is 3. The summed E-state index contributed by atoms with van der Waals surface area (Å²) in [6, 6.07) is 1.77. The Morgan fingerprint density at radius 2 is 2.24 bits per heavy atom. The Morgan fingerprint density at radius 1 is 1.34 bits per heavy atom. The minimum Gasteiger partial charge on any atom is -0.480 e. The number of fused-ring (bicyclic) bond motifs is 6. The van der Waals surface area contributed by atoms with E-state index in [1.54, 1.807) is 24.0 Å². The van der Waals surface area contributed by atoms with Gasteiger partial charge in [0, 0.05) is 24.3 Å². The van der Waals surface area contributed by atoms with Gasteiger partial charge in [-0.05, 0) is 25.0 Å². The molecule has 5 heterocycles. The molecule has 150 valence electrons. The number of methoxy groups -OCH3 is 1. The fourth-order valence-corrected chi connectivity index (χ4v) is 3.67. The lowest BCUT2D eigenvalue weighted by Gasteiger charge is -2.17. The Morgan fingerprint density at radius 3 is 3.10 bits per heavy atom. The summed E-state index contributed by atoms with van der Waals surface area (Å²) in [7, 11) is 1.58. The Labute approximate surface area is 166 Å². The summed E-state index contributed by atoms with van der Waals surface area (Å²) in [6.45, 7) is 3.41. The maximum Gasteiger partial charge on any atom is 0.257 e. The van der Waals surface area contributed by atoms with Crippen LogP contribution in [0.3, 0.4) is 0 Å². The number of nitrogens with one attached hydrogen (secondary N) is 3. The molecule has 3 aromatic rings. The molecule has 1 unspecified atom stereocenters. The van der Waals surface area contributed by atoms with Crippen LogP contribution in [0.1, 0.15) is 28.4 Å². The third kappa shape index (κ3) is 3.01. The molecule has 1 amide bonds. The number of hydrogen-bond acceptors (Lipinski definition) is 8. The monoisotopic (exact) mass is 395 g/mol. The molecular formula is C19H21N7O3. The molecule has 2 aliphatic rings. The molecule has 0 saturated carbocycles. The number of nitrogens with zero attached hydrogens (tertiary/aromatic N) is 4. The number of carbonyl (C=O) groups excluding carboxylic acids is 1. The number of pyridine rings is 1. The molecule has 0 fully saturated rings. The first-order chi connectivity index (χ1) is 14.1. The van der Waals surface area contributed by atoms with Gasteiger partial charge in [-0.25, -0.2) is 9.97 Å². The van der Waals surface area contributed by atoms with E-state index in [0.717, 1.165) is 29.9 Å². The quantitative estimate of drug-likeness (QED) is 0.568. The number of ether oxygens (including phenoxy) is 2. The summed E-state index contributed by atoms with van der Waals surface area (Å²) in [5.74, 6) is 1.71. The number of carbonyl (C=O) groups is 1. The highest BCUT2D eigenvalue weighted by atomic mass is 16.5. The zero-order valence-corrected chi connectivity index (χ0v) is 16.2. The number of amides is 1. The molecule has 0 radical (unpaired) electrons. The van der Waals surface area contributed by atoms with Gasteiger partial charge in [0.2, 0.25) is 5.88 Å². The fourth-order valence-electron chi connectivity index (χ4n) is 3.67. The summed E-state index contributed by atoms with van der Waals surface area (Å²) in [5, 5.41) is 14.0. The van der Waals surface area contributed by atoms with Crippen molar-refractivity contribution in [3.8, 4) is 5.88 Å². The van der Waals surface area contributed by atoms with Crippen LogP contribution in [-0.4, -0.2) is 51.8 Å². The first-order valence-electron chi connectivity index (χ1n) is 9.47. The maximum absolute atomic E-state index is 12.8. The van der Waals surface area contributed by atoms with Gasteiger partial charge in [0.15, 0.2) is 5.65 Å². The third-order valence-electron chi connectivity index (χ3n) is 5.03. The van der Waals surface area contributed by atoms with Crippen molar-refractivity contribution in [3.63, 3.8) is 0 Å². The van der Waals surface area contributed by atoms with Gasteiger partial charge in [-0.3, -0.25) is 4.79 Å². The van der Waals surface area contributed by atoms with Gasteiger partial charge in [0.1, 0.15) is 22.9 Å². The van der Waals surface area contributed by atoms with Crippen LogP contribution in [0.25, 0.3) is 5.65 Å². The summed E-state index contributed by atoms with van der Waals surface area (Å²) in [5.41, 5.74) is 3.47. The molecule has 1 atom stereocenters. The highest BCUT2D eigenvalue weighted by molar-refractivity contribution is 6.00. The van der Waals surface area contributed by atoms with Crippen LogP contribution in [0, 0.1) is 0 Å². The van der Waals surface area contributed by atoms with E-state index < -0.39 is 0 Å². The average molecular weight is 395 g/mol. The largest absolute Gasteiger partial charge is 0.480 e. The van der Waals surface area contributed by atoms with Crippen LogP contribution in [0.2, 0.25) is 0 Å². The molecule has 3 aromatic heterocycles. The lowest BCUT2D eigenvalue weighted by molar-refractivity contribution is 0.0821. The van der Waals surface area contributed by atoms with E-state index in [9.17, 15) is 4.79 Å². The second kappa shape index (κ2) is 6.89. The third-order valence-corrected chi connectivity index (χ3v) is 5.03. The van der Waals surface area contributed by atoms with E-state index in [1.165, 1.54) is 0 Å². The van der Waals surface area contributed by atoms with Gasteiger partial charge < -0.3 is 25.4 Å². The van der Waals surface area contributed by atoms with E-state index in [2.05, 4.69) is 26.0 Å². The van der Waals surface area contributed by atoms with Crippen molar-refractivity contribution in [2.45, 2.75) is 26.0 Å². The van der Waals surface area contributed by atoms with Gasteiger partial charge in [-0.2, -0.15) is 9.61 Å². The first kappa shape index (κ1) is 17.7. The molecule has 3 N–H and O–H groups in total. The van der Waals surface area contributed by atoms with E-state index in [-0.39, 0.29) is 11.9 Å². The molecule has 5 rings (SSSR count). The minimum atomic E-state index is -0.234. The molecule has 0 spiro atoms. The minimum absolute atomic E-state index is 0.170. The van der Waals surface area contributed by atoms with E-state index >= 15 is 0 Å². The fraction of sp³-hybridized carbons (Fsp3) is 0.368. The second-order valence-electron chi connectivity index (χ2n) is 7.17. The number of hydrogen-bond donors (Lipinski definition) is 3. The lowest BCUT2D eigenvalue weighted by atomic mass is 10.2. The predicted octanol–water partition coefficient (Wildman–Crippen LogP) is 1.49. The normalized spacial score (nSPS) is 18.6. The van der Waals surface area contributed by atoms with Crippen LogP contribution in [0.5, 0.6) is 5.88 Å². The summed E-state index contributed by atoms with van der Waals surface area (Å²) >= 11 is 0. The van der Waals surface area contributed by atoms with Gasteiger partial charge in [0.05, 0.1) is 26.5 Å². The van der Waals surface area contributed by atoms with Crippen LogP contribution in [0.15, 0.2) is 18.5 Å². The molecule has 4 bridgehead atoms. The first-order valence-corrected chi connectivity index (χ1v) is 9.47. The SMILES string of the molecule is COc1ncc2cc1Nc1nc3c(cnn3c3c1CCN3)C(=O)NC(C)COC2. The van der Waals surface area contributed by atoms with Gasteiger partial charge in [-0.1, -0.05) is 0 Å². The Balaban J connectivity index is 1.71. The lowest BCUT2D eigenvalue weighted by Crippen LogP contribution is -2.35. The molecule has 0 aliphatic carbocycles. The van der Waals surface area contributed by atoms with Gasteiger partial charge in [-0.15, -0.1) is 0 Å². The van der Waals surface area contributed by atoms with Crippen LogP contribution < -0.4 is 20.7 Å². The van der Waals surface area contributed by atoms with E-state index in [0.29, 0.717) is 41.8 Å². The van der Waals surface area contributed by atoms with E-state index in [1.807, 2.05) is 13.0 Å². The summed E-state index contributed by atoms with van der Waals surface area (Å²) < 4.78 is 12.9. The molecule has 2 aliphatic heterocycles.